The number of carbonyl (C=O) groups is 3. The molecule has 0 radical (unpaired) electrons. The second-order valence-electron chi connectivity index (χ2n) is 6.76. The van der Waals surface area contributed by atoms with Gasteiger partial charge in [-0.25, -0.2) is 4.79 Å². The van der Waals surface area contributed by atoms with Crippen LogP contribution in [0, 0.1) is 0 Å². The Morgan fingerprint density at radius 2 is 1.79 bits per heavy atom. The van der Waals surface area contributed by atoms with Gasteiger partial charge in [0.15, 0.2) is 0 Å². The van der Waals surface area contributed by atoms with E-state index in [1.165, 1.54) is 12.1 Å². The summed E-state index contributed by atoms with van der Waals surface area (Å²) in [5, 5.41) is 2.61. The number of amides is 1. The molecule has 128 valence electrons. The summed E-state index contributed by atoms with van der Waals surface area (Å²) >= 11 is 0. The maximum absolute atomic E-state index is 12.0. The highest BCUT2D eigenvalue weighted by molar-refractivity contribution is 6.50. The number of benzene rings is 1. The monoisotopic (exact) mass is 331 g/mol. The van der Waals surface area contributed by atoms with Gasteiger partial charge in [0.2, 0.25) is 11.6 Å². The van der Waals surface area contributed by atoms with Gasteiger partial charge in [-0.15, -0.1) is 0 Å². The topological polar surface area (TPSA) is 81.7 Å². The van der Waals surface area contributed by atoms with Crippen molar-refractivity contribution in [2.75, 3.05) is 5.32 Å². The largest absolute Gasteiger partial charge is 0.490 e. The Hall–Kier alpha value is -2.63. The number of hydrogen-bond acceptors (Lipinski definition) is 5. The predicted molar refractivity (Wildman–Crippen MR) is 89.8 cm³/mol. The molecule has 0 saturated carbocycles. The van der Waals surface area contributed by atoms with Gasteiger partial charge in [0, 0.05) is 22.9 Å². The molecule has 1 amide bonds. The highest BCUT2D eigenvalue weighted by atomic mass is 16.6. The fraction of sp³-hybridized carbons (Fsp3) is 0.389. The smallest absolute Gasteiger partial charge is 0.412 e. The quantitative estimate of drug-likeness (QED) is 0.856. The van der Waals surface area contributed by atoms with Gasteiger partial charge in [0.25, 0.3) is 0 Å². The van der Waals surface area contributed by atoms with E-state index in [2.05, 4.69) is 5.32 Å². The van der Waals surface area contributed by atoms with E-state index in [1.54, 1.807) is 32.9 Å². The fourth-order valence-corrected chi connectivity index (χ4v) is 2.19. The second-order valence-corrected chi connectivity index (χ2v) is 6.76. The van der Waals surface area contributed by atoms with E-state index in [4.69, 9.17) is 9.47 Å². The number of Topliss-reactive ketones (excluding diaryl/α,β-unsaturated/α-hetero) is 1. The van der Waals surface area contributed by atoms with Crippen LogP contribution in [0.25, 0.3) is 5.76 Å². The maximum Gasteiger partial charge on any atom is 0.412 e. The van der Waals surface area contributed by atoms with Gasteiger partial charge < -0.3 is 9.47 Å². The van der Waals surface area contributed by atoms with E-state index in [0.29, 0.717) is 17.0 Å². The number of allylic oxidation sites excluding steroid dienone is 1. The van der Waals surface area contributed by atoms with Gasteiger partial charge in [-0.05, 0) is 52.8 Å². The SMILES string of the molecule is CC(C)OC1=CC(=O)C(=O)c2ccc(NC(=O)OC(C)(C)C)cc21. The Morgan fingerprint density at radius 1 is 1.12 bits per heavy atom. The minimum Gasteiger partial charge on any atom is -0.490 e. The van der Waals surface area contributed by atoms with E-state index < -0.39 is 23.3 Å². The van der Waals surface area contributed by atoms with Crippen LogP contribution in [0.3, 0.4) is 0 Å². The maximum atomic E-state index is 12.0. The van der Waals surface area contributed by atoms with Crippen LogP contribution in [0.5, 0.6) is 0 Å². The molecule has 2 rings (SSSR count). The summed E-state index contributed by atoms with van der Waals surface area (Å²) < 4.78 is 10.8. The van der Waals surface area contributed by atoms with E-state index >= 15 is 0 Å². The number of anilines is 1. The van der Waals surface area contributed by atoms with Crippen molar-refractivity contribution in [3.05, 3.63) is 35.4 Å². The number of ketones is 2. The first kappa shape index (κ1) is 17.7. The van der Waals surface area contributed by atoms with Gasteiger partial charge in [0.1, 0.15) is 11.4 Å². The zero-order chi connectivity index (χ0) is 18.1. The molecule has 0 aliphatic heterocycles. The first-order valence-corrected chi connectivity index (χ1v) is 7.68. The zero-order valence-corrected chi connectivity index (χ0v) is 14.4. The molecule has 6 nitrogen and oxygen atoms in total. The van der Waals surface area contributed by atoms with Crippen LogP contribution in [0.1, 0.15) is 50.5 Å². The molecule has 0 heterocycles. The third-order valence-corrected chi connectivity index (χ3v) is 3.02. The number of rotatable bonds is 3. The number of fused-ring (bicyclic) bond motifs is 1. The summed E-state index contributed by atoms with van der Waals surface area (Å²) in [5.74, 6) is -0.895. The molecule has 6 heteroatoms. The van der Waals surface area contributed by atoms with Crippen molar-refractivity contribution in [2.45, 2.75) is 46.3 Å². The Kier molecular flexibility index (Phi) is 4.78. The Labute approximate surface area is 140 Å². The van der Waals surface area contributed by atoms with Crippen molar-refractivity contribution in [1.29, 1.82) is 0 Å². The first-order valence-electron chi connectivity index (χ1n) is 7.68. The van der Waals surface area contributed by atoms with E-state index in [0.717, 1.165) is 0 Å². The minimum absolute atomic E-state index is 0.160. The van der Waals surface area contributed by atoms with Gasteiger partial charge in [-0.1, -0.05) is 0 Å². The summed E-state index contributed by atoms with van der Waals surface area (Å²) in [6.45, 7) is 8.94. The first-order chi connectivity index (χ1) is 11.1. The molecule has 1 N–H and O–H groups in total. The zero-order valence-electron chi connectivity index (χ0n) is 14.4. The number of ether oxygens (including phenoxy) is 2. The molecule has 0 fully saturated rings. The van der Waals surface area contributed by atoms with Crippen molar-refractivity contribution in [1.82, 2.24) is 0 Å². The van der Waals surface area contributed by atoms with Crippen LogP contribution in [-0.2, 0) is 14.3 Å². The number of nitrogens with one attached hydrogen (secondary N) is 1. The molecule has 1 aliphatic rings. The van der Waals surface area contributed by atoms with Gasteiger partial charge >= 0.3 is 6.09 Å². The van der Waals surface area contributed by atoms with Crippen LogP contribution in [-0.4, -0.2) is 29.4 Å². The average Bonchev–Trinajstić information content (AvgIpc) is 2.41. The van der Waals surface area contributed by atoms with E-state index in [9.17, 15) is 14.4 Å². The summed E-state index contributed by atoms with van der Waals surface area (Å²) in [4.78, 5) is 35.7. The molecule has 1 aliphatic carbocycles. The number of hydrogen-bond donors (Lipinski definition) is 1. The van der Waals surface area contributed by atoms with Gasteiger partial charge in [0.05, 0.1) is 6.10 Å². The van der Waals surface area contributed by atoms with Crippen molar-refractivity contribution in [3.8, 4) is 0 Å². The Bertz CT molecular complexity index is 725. The van der Waals surface area contributed by atoms with Crippen molar-refractivity contribution >= 4 is 29.1 Å². The van der Waals surface area contributed by atoms with Crippen LogP contribution in [0.15, 0.2) is 24.3 Å². The van der Waals surface area contributed by atoms with Crippen molar-refractivity contribution < 1.29 is 23.9 Å². The molecule has 0 atom stereocenters. The molecule has 1 aromatic rings. The molecular formula is C18H21NO5. The Morgan fingerprint density at radius 3 is 2.38 bits per heavy atom. The summed E-state index contributed by atoms with van der Waals surface area (Å²) in [5.41, 5.74) is 0.560. The standard InChI is InChI=1S/C18H21NO5/c1-10(2)23-15-9-14(20)16(21)12-7-6-11(8-13(12)15)19-17(22)24-18(3,4)5/h6-10H,1-5H3,(H,19,22). The highest BCUT2D eigenvalue weighted by Gasteiger charge is 2.28. The second kappa shape index (κ2) is 6.47. The number of carbonyl (C=O) groups excluding carboxylic acids is 3. The summed E-state index contributed by atoms with van der Waals surface area (Å²) in [6, 6.07) is 4.64. The van der Waals surface area contributed by atoms with Gasteiger partial charge in [-0.2, -0.15) is 0 Å². The molecule has 1 aromatic carbocycles. The van der Waals surface area contributed by atoms with Crippen LogP contribution in [0.2, 0.25) is 0 Å². The Balaban J connectivity index is 2.32. The highest BCUT2D eigenvalue weighted by Crippen LogP contribution is 2.29. The molecule has 24 heavy (non-hydrogen) atoms. The van der Waals surface area contributed by atoms with Gasteiger partial charge in [-0.3, -0.25) is 14.9 Å². The average molecular weight is 331 g/mol. The third-order valence-electron chi connectivity index (χ3n) is 3.02. The molecule has 0 aromatic heterocycles. The van der Waals surface area contributed by atoms with Crippen LogP contribution >= 0.6 is 0 Å². The lowest BCUT2D eigenvalue weighted by Crippen LogP contribution is -2.27. The molecule has 0 unspecified atom stereocenters. The lowest BCUT2D eigenvalue weighted by molar-refractivity contribution is -0.111. The normalized spacial score (nSPS) is 14.2. The van der Waals surface area contributed by atoms with Crippen molar-refractivity contribution in [2.24, 2.45) is 0 Å². The van der Waals surface area contributed by atoms with Crippen LogP contribution in [0.4, 0.5) is 10.5 Å². The molecular weight excluding hydrogens is 310 g/mol. The minimum atomic E-state index is -0.619. The van der Waals surface area contributed by atoms with Crippen LogP contribution < -0.4 is 5.32 Å². The third kappa shape index (κ3) is 4.22. The fourth-order valence-electron chi connectivity index (χ4n) is 2.19. The predicted octanol–water partition coefficient (Wildman–Crippen LogP) is 3.56. The lowest BCUT2D eigenvalue weighted by Gasteiger charge is -2.21. The summed E-state index contributed by atoms with van der Waals surface area (Å²) in [7, 11) is 0. The molecule has 0 spiro atoms. The lowest BCUT2D eigenvalue weighted by atomic mass is 9.93. The molecule has 0 bridgehead atoms. The summed E-state index contributed by atoms with van der Waals surface area (Å²) in [6.07, 6.45) is 0.422. The van der Waals surface area contributed by atoms with Crippen molar-refractivity contribution in [3.63, 3.8) is 0 Å². The van der Waals surface area contributed by atoms with E-state index in [1.807, 2.05) is 13.8 Å². The molecule has 0 saturated heterocycles. The van der Waals surface area contributed by atoms with E-state index in [-0.39, 0.29) is 11.7 Å².